The van der Waals surface area contributed by atoms with Gasteiger partial charge in [0.25, 0.3) is 0 Å². The number of pyridine rings is 1. The van der Waals surface area contributed by atoms with Crippen molar-refractivity contribution in [2.75, 3.05) is 13.6 Å². The van der Waals surface area contributed by atoms with Gasteiger partial charge in [0.2, 0.25) is 11.8 Å². The first kappa shape index (κ1) is 14.5. The Hall–Kier alpha value is -1.91. The van der Waals surface area contributed by atoms with Crippen molar-refractivity contribution < 1.29 is 9.59 Å². The van der Waals surface area contributed by atoms with Crippen molar-refractivity contribution in [3.05, 3.63) is 30.1 Å². The Morgan fingerprint density at radius 2 is 2.05 bits per heavy atom. The van der Waals surface area contributed by atoms with Crippen molar-refractivity contribution in [1.29, 1.82) is 0 Å². The van der Waals surface area contributed by atoms with Crippen molar-refractivity contribution in [3.63, 3.8) is 0 Å². The van der Waals surface area contributed by atoms with Crippen LogP contribution in [0.2, 0.25) is 0 Å². The quantitative estimate of drug-likeness (QED) is 0.848. The minimum Gasteiger partial charge on any atom is -0.355 e. The van der Waals surface area contributed by atoms with Gasteiger partial charge in [0.05, 0.1) is 0 Å². The van der Waals surface area contributed by atoms with Crippen LogP contribution >= 0.6 is 0 Å². The van der Waals surface area contributed by atoms with Crippen LogP contribution in [-0.4, -0.2) is 35.3 Å². The Balaban J connectivity index is 1.67. The molecule has 0 aromatic carbocycles. The first-order chi connectivity index (χ1) is 9.58. The molecule has 1 heterocycles. The summed E-state index contributed by atoms with van der Waals surface area (Å²) >= 11 is 0. The van der Waals surface area contributed by atoms with E-state index in [-0.39, 0.29) is 17.7 Å². The number of carbonyl (C=O) groups is 2. The second kappa shape index (κ2) is 6.50. The predicted molar refractivity (Wildman–Crippen MR) is 75.6 cm³/mol. The van der Waals surface area contributed by atoms with Crippen LogP contribution in [-0.2, 0) is 16.1 Å². The van der Waals surface area contributed by atoms with Crippen molar-refractivity contribution in [3.8, 4) is 0 Å². The van der Waals surface area contributed by atoms with Gasteiger partial charge >= 0.3 is 0 Å². The molecule has 5 nitrogen and oxygen atoms in total. The van der Waals surface area contributed by atoms with Crippen molar-refractivity contribution >= 4 is 11.8 Å². The monoisotopic (exact) mass is 275 g/mol. The van der Waals surface area contributed by atoms with Crippen LogP contribution in [0.1, 0.15) is 25.3 Å². The largest absolute Gasteiger partial charge is 0.355 e. The minimum absolute atomic E-state index is 0.0333. The summed E-state index contributed by atoms with van der Waals surface area (Å²) in [7, 11) is 1.77. The summed E-state index contributed by atoms with van der Waals surface area (Å²) in [5.74, 6) is 0.785. The van der Waals surface area contributed by atoms with Gasteiger partial charge in [-0.2, -0.15) is 0 Å². The highest BCUT2D eigenvalue weighted by molar-refractivity contribution is 5.82. The normalized spacial score (nSPS) is 20.3. The molecule has 1 saturated carbocycles. The molecule has 2 rings (SSSR count). The van der Waals surface area contributed by atoms with E-state index in [1.54, 1.807) is 24.3 Å². The fourth-order valence-electron chi connectivity index (χ4n) is 2.15. The zero-order chi connectivity index (χ0) is 14.5. The molecule has 0 spiro atoms. The molecule has 1 aliphatic rings. The van der Waals surface area contributed by atoms with Crippen LogP contribution in [0, 0.1) is 11.8 Å². The fraction of sp³-hybridized carbons (Fsp3) is 0.533. The van der Waals surface area contributed by atoms with Gasteiger partial charge in [0, 0.05) is 44.9 Å². The van der Waals surface area contributed by atoms with Crippen LogP contribution in [0.4, 0.5) is 0 Å². The highest BCUT2D eigenvalue weighted by Gasteiger charge is 2.38. The van der Waals surface area contributed by atoms with Crippen LogP contribution < -0.4 is 5.32 Å². The second-order valence-corrected chi connectivity index (χ2v) is 5.47. The Morgan fingerprint density at radius 3 is 2.65 bits per heavy atom. The topological polar surface area (TPSA) is 62.3 Å². The number of aromatic nitrogens is 1. The van der Waals surface area contributed by atoms with E-state index in [0.717, 1.165) is 12.0 Å². The number of amides is 2. The van der Waals surface area contributed by atoms with E-state index in [2.05, 4.69) is 17.2 Å². The molecule has 0 saturated heterocycles. The highest BCUT2D eigenvalue weighted by atomic mass is 16.2. The molecule has 20 heavy (non-hydrogen) atoms. The lowest BCUT2D eigenvalue weighted by molar-refractivity contribution is -0.130. The van der Waals surface area contributed by atoms with Gasteiger partial charge in [-0.25, -0.2) is 0 Å². The molecule has 1 aliphatic carbocycles. The summed E-state index contributed by atoms with van der Waals surface area (Å²) in [5, 5.41) is 2.83. The summed E-state index contributed by atoms with van der Waals surface area (Å²) in [6.07, 6.45) is 4.74. The van der Waals surface area contributed by atoms with Gasteiger partial charge in [-0.1, -0.05) is 6.92 Å². The lowest BCUT2D eigenvalue weighted by atomic mass is 10.2. The first-order valence-corrected chi connectivity index (χ1v) is 6.98. The van der Waals surface area contributed by atoms with E-state index < -0.39 is 0 Å². The van der Waals surface area contributed by atoms with Crippen molar-refractivity contribution in [1.82, 2.24) is 15.2 Å². The summed E-state index contributed by atoms with van der Waals surface area (Å²) in [6, 6.07) is 3.78. The lowest BCUT2D eigenvalue weighted by Crippen LogP contribution is -2.32. The van der Waals surface area contributed by atoms with Crippen molar-refractivity contribution in [2.24, 2.45) is 11.8 Å². The maximum atomic E-state index is 11.9. The zero-order valence-electron chi connectivity index (χ0n) is 12.0. The molecule has 1 N–H and O–H groups in total. The third-order valence-electron chi connectivity index (χ3n) is 3.68. The second-order valence-electron chi connectivity index (χ2n) is 5.47. The molecule has 1 aromatic rings. The number of nitrogens with one attached hydrogen (secondary N) is 1. The molecule has 2 atom stereocenters. The van der Waals surface area contributed by atoms with Gasteiger partial charge in [-0.05, 0) is 30.0 Å². The van der Waals surface area contributed by atoms with E-state index in [0.29, 0.717) is 25.4 Å². The standard InChI is InChI=1S/C15H21N3O2/c1-11-9-13(11)15(20)17-8-5-14(19)18(2)10-12-3-6-16-7-4-12/h3-4,6-7,11,13H,5,8-10H2,1-2H3,(H,17,20)/t11-,13-/m1/s1. The predicted octanol–water partition coefficient (Wildman–Crippen LogP) is 1.20. The van der Waals surface area contributed by atoms with E-state index >= 15 is 0 Å². The Morgan fingerprint density at radius 1 is 1.40 bits per heavy atom. The van der Waals surface area contributed by atoms with E-state index in [1.165, 1.54) is 0 Å². The van der Waals surface area contributed by atoms with Gasteiger partial charge in [0.15, 0.2) is 0 Å². The Bertz CT molecular complexity index is 475. The van der Waals surface area contributed by atoms with Crippen molar-refractivity contribution in [2.45, 2.75) is 26.3 Å². The van der Waals surface area contributed by atoms with Crippen LogP contribution in [0.25, 0.3) is 0 Å². The third kappa shape index (κ3) is 4.05. The summed E-state index contributed by atoms with van der Waals surface area (Å²) in [5.41, 5.74) is 1.05. The molecular formula is C15H21N3O2. The van der Waals surface area contributed by atoms with Crippen LogP contribution in [0.3, 0.4) is 0 Å². The summed E-state index contributed by atoms with van der Waals surface area (Å²) in [6.45, 7) is 3.05. The van der Waals surface area contributed by atoms with E-state index in [1.807, 2.05) is 12.1 Å². The smallest absolute Gasteiger partial charge is 0.224 e. The zero-order valence-corrected chi connectivity index (χ0v) is 12.0. The molecule has 0 bridgehead atoms. The fourth-order valence-corrected chi connectivity index (χ4v) is 2.15. The van der Waals surface area contributed by atoms with Gasteiger partial charge < -0.3 is 10.2 Å². The average molecular weight is 275 g/mol. The molecule has 0 unspecified atom stereocenters. The lowest BCUT2D eigenvalue weighted by Gasteiger charge is -2.17. The number of hydrogen-bond acceptors (Lipinski definition) is 3. The summed E-state index contributed by atoms with van der Waals surface area (Å²) < 4.78 is 0. The van der Waals surface area contributed by atoms with Gasteiger partial charge in [-0.15, -0.1) is 0 Å². The molecule has 108 valence electrons. The van der Waals surface area contributed by atoms with Crippen LogP contribution in [0.5, 0.6) is 0 Å². The molecule has 5 heteroatoms. The molecule has 0 aliphatic heterocycles. The van der Waals surface area contributed by atoms with E-state index in [4.69, 9.17) is 0 Å². The molecule has 1 aromatic heterocycles. The number of hydrogen-bond donors (Lipinski definition) is 1. The molecule has 0 radical (unpaired) electrons. The Labute approximate surface area is 119 Å². The SMILES string of the molecule is C[C@@H]1C[C@H]1C(=O)NCCC(=O)N(C)Cc1ccncc1. The maximum absolute atomic E-state index is 11.9. The number of nitrogens with zero attached hydrogens (tertiary/aromatic N) is 2. The average Bonchev–Trinajstić information content (AvgIpc) is 3.17. The van der Waals surface area contributed by atoms with Gasteiger partial charge in [0.1, 0.15) is 0 Å². The summed E-state index contributed by atoms with van der Waals surface area (Å²) in [4.78, 5) is 29.2. The molecular weight excluding hydrogens is 254 g/mol. The maximum Gasteiger partial charge on any atom is 0.224 e. The minimum atomic E-state index is 0.0333. The van der Waals surface area contributed by atoms with Gasteiger partial charge in [-0.3, -0.25) is 14.6 Å². The number of rotatable bonds is 6. The Kier molecular flexibility index (Phi) is 4.71. The number of carbonyl (C=O) groups excluding carboxylic acids is 2. The third-order valence-corrected chi connectivity index (χ3v) is 3.68. The molecule has 1 fully saturated rings. The molecule has 2 amide bonds. The van der Waals surface area contributed by atoms with E-state index in [9.17, 15) is 9.59 Å². The first-order valence-electron chi connectivity index (χ1n) is 6.98. The van der Waals surface area contributed by atoms with Crippen LogP contribution in [0.15, 0.2) is 24.5 Å². The highest BCUT2D eigenvalue weighted by Crippen LogP contribution is 2.37.